The molecule has 5 heterocycles. The van der Waals surface area contributed by atoms with Crippen LogP contribution in [0.25, 0.3) is 89.2 Å². The van der Waals surface area contributed by atoms with E-state index in [1.54, 1.807) is 0 Å². The van der Waals surface area contributed by atoms with Crippen LogP contribution in [0.1, 0.15) is 0 Å². The van der Waals surface area contributed by atoms with Crippen LogP contribution in [-0.4, -0.2) is 19.9 Å². The number of benzene rings is 4. The molecule has 0 saturated carbocycles. The monoisotopic (exact) mass is 574 g/mol. The molecule has 0 amide bonds. The molecule has 8 heteroatoms. The molecule has 194 valence electrons. The average Bonchev–Trinajstić information content (AvgIpc) is 3.78. The molecule has 7 nitrogen and oxygen atoms in total. The zero-order valence-electron chi connectivity index (χ0n) is 22.0. The van der Waals surface area contributed by atoms with Gasteiger partial charge in [0.25, 0.3) is 0 Å². The molecule has 0 atom stereocenters. The molecule has 9 rings (SSSR count). The number of hydrogen-bond donors (Lipinski definition) is 0. The Morgan fingerprint density at radius 3 is 1.26 bits per heavy atom. The second-order valence-corrected chi connectivity index (χ2v) is 9.98. The summed E-state index contributed by atoms with van der Waals surface area (Å²) in [6, 6.07) is 36.8. The van der Waals surface area contributed by atoms with Crippen molar-refractivity contribution < 1.29 is 23.7 Å². The van der Waals surface area contributed by atoms with E-state index in [9.17, 15) is 0 Å². The molecule has 0 fully saturated rings. The average molecular weight is 574 g/mol. The third-order valence-corrected chi connectivity index (χ3v) is 7.65. The third kappa shape index (κ3) is 3.79. The van der Waals surface area contributed by atoms with Crippen LogP contribution in [0, 0.1) is 0 Å². The number of fused-ring (bicyclic) bond motifs is 20. The number of nitrogens with zero attached hydrogens (tertiary/aromatic N) is 6. The minimum atomic E-state index is 0.595. The fraction of sp³-hybridized carbons (Fsp3) is 0. The molecule has 0 spiro atoms. The van der Waals surface area contributed by atoms with Gasteiger partial charge in [-0.05, 0) is 33.7 Å². The minimum Gasteiger partial charge on any atom is -0.657 e. The van der Waals surface area contributed by atoms with Crippen LogP contribution in [0.15, 0.2) is 109 Å². The summed E-state index contributed by atoms with van der Waals surface area (Å²) < 4.78 is 8.25. The van der Waals surface area contributed by atoms with Crippen molar-refractivity contribution in [2.45, 2.75) is 0 Å². The summed E-state index contributed by atoms with van der Waals surface area (Å²) in [7, 11) is 0. The summed E-state index contributed by atoms with van der Waals surface area (Å²) in [5, 5.41) is 3.99. The maximum absolute atomic E-state index is 8.25. The SMILES string of the molecule is [O]=[Ti+2].c1ccc2c(c1)-c1cc3[n-]c(cc4nc(nc5[n-]c(nc-2n1)c1ccccc51)-c1ccccc1-4)c1ccccc31. The second kappa shape index (κ2) is 9.77. The molecule has 0 N–H and O–H groups in total. The predicted octanol–water partition coefficient (Wildman–Crippen LogP) is 7.22. The molecule has 2 aliphatic heterocycles. The van der Waals surface area contributed by atoms with Gasteiger partial charge in [-0.2, -0.15) is 0 Å². The molecule has 42 heavy (non-hydrogen) atoms. The van der Waals surface area contributed by atoms with Crippen LogP contribution in [0.2, 0.25) is 0 Å². The molecule has 0 unspecified atom stereocenters. The van der Waals surface area contributed by atoms with Crippen molar-refractivity contribution in [1.29, 1.82) is 0 Å². The van der Waals surface area contributed by atoms with Gasteiger partial charge in [0.15, 0.2) is 0 Å². The van der Waals surface area contributed by atoms with Gasteiger partial charge in [-0.25, -0.2) is 9.97 Å². The first-order valence-electron chi connectivity index (χ1n) is 13.4. The van der Waals surface area contributed by atoms with Crippen LogP contribution in [0.4, 0.5) is 0 Å². The molecule has 4 aromatic carbocycles. The van der Waals surface area contributed by atoms with Gasteiger partial charge in [0.05, 0.1) is 23.0 Å². The number of hydrogen-bond acceptors (Lipinski definition) is 5. The topological polar surface area (TPSA) is 96.8 Å². The quantitative estimate of drug-likeness (QED) is 0.177. The van der Waals surface area contributed by atoms with Crippen LogP contribution < -0.4 is 9.97 Å². The fourth-order valence-electron chi connectivity index (χ4n) is 5.79. The Hall–Kier alpha value is -5.11. The Morgan fingerprint density at radius 1 is 0.429 bits per heavy atom. The van der Waals surface area contributed by atoms with E-state index >= 15 is 0 Å². The van der Waals surface area contributed by atoms with Crippen LogP contribution in [0.5, 0.6) is 0 Å². The van der Waals surface area contributed by atoms with Gasteiger partial charge in [-0.1, -0.05) is 97.1 Å². The van der Waals surface area contributed by atoms with Crippen molar-refractivity contribution in [2.24, 2.45) is 0 Å². The van der Waals surface area contributed by atoms with Crippen molar-refractivity contribution in [3.8, 4) is 45.3 Å². The maximum Gasteiger partial charge on any atom is 0.0925 e. The zero-order valence-corrected chi connectivity index (χ0v) is 23.5. The smallest absolute Gasteiger partial charge is 0.0925 e. The standard InChI is InChI=1S/C34H18N6.O.Ti/c1-2-10-20-19(9-1)27-17-29-21-11-3-5-13-23(21)31(36-29)38-33-25-15-7-8-16-26(25)34(40-33)39-32-24-14-6-4-12-22(24)30(37-32)18-28(20)35-27;;/h1-18H;;/q-2;;+2. The van der Waals surface area contributed by atoms with E-state index in [0.29, 0.717) is 22.9 Å². The first-order chi connectivity index (χ1) is 20.8. The molecule has 0 radical (unpaired) electrons. The van der Waals surface area contributed by atoms with Crippen molar-refractivity contribution in [3.05, 3.63) is 109 Å². The summed E-state index contributed by atoms with van der Waals surface area (Å²) >= 11 is 0.750. The molecule has 0 saturated heterocycles. The van der Waals surface area contributed by atoms with Gasteiger partial charge in [-0.15, -0.1) is 11.0 Å². The number of rotatable bonds is 0. The Morgan fingerprint density at radius 2 is 0.810 bits per heavy atom. The first-order valence-corrected chi connectivity index (χ1v) is 14.0. The maximum atomic E-state index is 8.25. The summed E-state index contributed by atoms with van der Waals surface area (Å²) in [4.78, 5) is 30.0. The Kier molecular flexibility index (Phi) is 5.74. The number of aromatic nitrogens is 6. The Bertz CT molecular complexity index is 2050. The van der Waals surface area contributed by atoms with E-state index in [-0.39, 0.29) is 0 Å². The van der Waals surface area contributed by atoms with Crippen molar-refractivity contribution in [2.75, 3.05) is 0 Å². The predicted molar refractivity (Wildman–Crippen MR) is 159 cm³/mol. The minimum absolute atomic E-state index is 0.595. The Labute approximate surface area is 251 Å². The van der Waals surface area contributed by atoms with E-state index < -0.39 is 0 Å². The van der Waals surface area contributed by atoms with E-state index in [0.717, 1.165) is 86.6 Å². The molecule has 0 aliphatic carbocycles. The van der Waals surface area contributed by atoms with Gasteiger partial charge >= 0.3 is 23.7 Å². The van der Waals surface area contributed by atoms with Gasteiger partial charge in [0, 0.05) is 33.5 Å². The van der Waals surface area contributed by atoms with Gasteiger partial charge < -0.3 is 19.9 Å². The van der Waals surface area contributed by atoms with Crippen LogP contribution in [0.3, 0.4) is 0 Å². The van der Waals surface area contributed by atoms with E-state index in [2.05, 4.69) is 48.5 Å². The second-order valence-electron chi connectivity index (χ2n) is 9.98. The normalized spacial score (nSPS) is 11.6. The molecule has 7 aromatic rings. The molecular formula is C34H18N6OTi. The Balaban J connectivity index is 0.00000131. The van der Waals surface area contributed by atoms with Gasteiger partial charge in [-0.3, -0.25) is 0 Å². The molecule has 2 aliphatic rings. The van der Waals surface area contributed by atoms with Crippen molar-refractivity contribution in [3.63, 3.8) is 0 Å². The summed E-state index contributed by atoms with van der Waals surface area (Å²) in [5.41, 5.74) is 8.57. The van der Waals surface area contributed by atoms with E-state index in [1.165, 1.54) is 0 Å². The van der Waals surface area contributed by atoms with Crippen molar-refractivity contribution in [1.82, 2.24) is 29.9 Å². The fourth-order valence-corrected chi connectivity index (χ4v) is 5.79. The van der Waals surface area contributed by atoms with Gasteiger partial charge in [0.2, 0.25) is 0 Å². The van der Waals surface area contributed by atoms with Gasteiger partial charge in [0.1, 0.15) is 0 Å². The molecular weight excluding hydrogens is 556 g/mol. The summed E-state index contributed by atoms with van der Waals surface area (Å²) in [6.07, 6.45) is 0. The zero-order chi connectivity index (χ0) is 28.2. The van der Waals surface area contributed by atoms with Crippen LogP contribution >= 0.6 is 0 Å². The molecule has 8 bridgehead atoms. The summed E-state index contributed by atoms with van der Waals surface area (Å²) in [6.45, 7) is 0. The van der Waals surface area contributed by atoms with E-state index in [4.69, 9.17) is 33.2 Å². The third-order valence-electron chi connectivity index (χ3n) is 7.65. The molecule has 3 aromatic heterocycles. The van der Waals surface area contributed by atoms with Crippen molar-refractivity contribution >= 4 is 43.9 Å². The summed E-state index contributed by atoms with van der Waals surface area (Å²) in [5.74, 6) is 1.26. The largest absolute Gasteiger partial charge is 0.657 e. The van der Waals surface area contributed by atoms with E-state index in [1.807, 2.05) is 60.7 Å². The van der Waals surface area contributed by atoms with Crippen LogP contribution in [-0.2, 0) is 23.7 Å². The first kappa shape index (κ1) is 24.7.